The van der Waals surface area contributed by atoms with Gasteiger partial charge in [0.1, 0.15) is 5.15 Å². The molecule has 0 radical (unpaired) electrons. The minimum absolute atomic E-state index is 0.0719. The largest absolute Gasteiger partial charge is 0.465 e. The second kappa shape index (κ2) is 4.00. The average Bonchev–Trinajstić information content (AvgIpc) is 2.17. The highest BCUT2D eigenvalue weighted by atomic mass is 35.5. The summed E-state index contributed by atoms with van der Waals surface area (Å²) in [5, 5.41) is 0.0719. The van der Waals surface area contributed by atoms with Gasteiger partial charge in [-0.15, -0.1) is 0 Å². The fourth-order valence-corrected chi connectivity index (χ4v) is 0.925. The van der Waals surface area contributed by atoms with Gasteiger partial charge in [0, 0.05) is 6.20 Å². The predicted octanol–water partition coefficient (Wildman–Crippen LogP) is 1.33. The highest BCUT2D eigenvalue weighted by molar-refractivity contribution is 6.31. The summed E-state index contributed by atoms with van der Waals surface area (Å²) in [5.74, 6) is -0.549. The number of methoxy groups -OCH3 is 1. The van der Waals surface area contributed by atoms with Gasteiger partial charge in [0.15, 0.2) is 6.29 Å². The zero-order valence-electron chi connectivity index (χ0n) is 6.78. The maximum atomic E-state index is 11.0. The molecule has 0 atom stereocenters. The molecule has 0 spiro atoms. The van der Waals surface area contributed by atoms with E-state index in [1.54, 1.807) is 0 Å². The van der Waals surface area contributed by atoms with E-state index in [2.05, 4.69) is 9.72 Å². The fraction of sp³-hybridized carbons (Fsp3) is 0.125. The quantitative estimate of drug-likeness (QED) is 0.410. The molecular weight excluding hydrogens is 194 g/mol. The summed E-state index contributed by atoms with van der Waals surface area (Å²) >= 11 is 5.55. The molecule has 4 nitrogen and oxygen atoms in total. The molecule has 5 heteroatoms. The number of carbonyl (C=O) groups excluding carboxylic acids is 2. The zero-order chi connectivity index (χ0) is 9.84. The van der Waals surface area contributed by atoms with Crippen molar-refractivity contribution in [1.29, 1.82) is 0 Å². The molecular formula is C8H6ClNO3. The first kappa shape index (κ1) is 9.67. The van der Waals surface area contributed by atoms with Crippen molar-refractivity contribution >= 4 is 23.9 Å². The van der Waals surface area contributed by atoms with Crippen molar-refractivity contribution in [2.75, 3.05) is 7.11 Å². The van der Waals surface area contributed by atoms with E-state index in [9.17, 15) is 9.59 Å². The number of aromatic nitrogens is 1. The smallest absolute Gasteiger partial charge is 0.339 e. The van der Waals surface area contributed by atoms with Crippen LogP contribution in [0.1, 0.15) is 20.7 Å². The Kier molecular flexibility index (Phi) is 2.97. The van der Waals surface area contributed by atoms with E-state index in [0.29, 0.717) is 6.29 Å². The Balaban J connectivity index is 3.13. The van der Waals surface area contributed by atoms with E-state index in [-0.39, 0.29) is 16.3 Å². The van der Waals surface area contributed by atoms with E-state index in [0.717, 1.165) is 0 Å². The van der Waals surface area contributed by atoms with Crippen LogP contribution >= 0.6 is 11.6 Å². The Morgan fingerprint density at radius 1 is 1.69 bits per heavy atom. The minimum atomic E-state index is -0.549. The number of aldehydes is 1. The van der Waals surface area contributed by atoms with Crippen LogP contribution in [-0.2, 0) is 4.74 Å². The Hall–Kier alpha value is -1.42. The molecule has 0 aromatic carbocycles. The van der Waals surface area contributed by atoms with E-state index in [1.165, 1.54) is 19.4 Å². The van der Waals surface area contributed by atoms with Gasteiger partial charge < -0.3 is 4.74 Å². The zero-order valence-corrected chi connectivity index (χ0v) is 7.54. The molecule has 0 aliphatic rings. The van der Waals surface area contributed by atoms with Crippen LogP contribution in [0.15, 0.2) is 12.3 Å². The highest BCUT2D eigenvalue weighted by Gasteiger charge is 2.08. The Bertz CT molecular complexity index is 351. The van der Waals surface area contributed by atoms with E-state index < -0.39 is 5.97 Å². The Labute approximate surface area is 79.5 Å². The third-order valence-corrected chi connectivity index (χ3v) is 1.73. The summed E-state index contributed by atoms with van der Waals surface area (Å²) in [6.07, 6.45) is 1.78. The molecule has 0 bridgehead atoms. The van der Waals surface area contributed by atoms with Crippen LogP contribution in [0, 0.1) is 0 Å². The van der Waals surface area contributed by atoms with Crippen molar-refractivity contribution in [2.45, 2.75) is 0 Å². The van der Waals surface area contributed by atoms with Crippen LogP contribution in [0.25, 0.3) is 0 Å². The number of esters is 1. The molecule has 0 saturated heterocycles. The van der Waals surface area contributed by atoms with Gasteiger partial charge >= 0.3 is 5.97 Å². The summed E-state index contributed by atoms with van der Waals surface area (Å²) in [5.41, 5.74) is 0.374. The van der Waals surface area contributed by atoms with Crippen LogP contribution in [0.4, 0.5) is 0 Å². The van der Waals surface area contributed by atoms with Crippen LogP contribution in [-0.4, -0.2) is 24.3 Å². The summed E-state index contributed by atoms with van der Waals surface area (Å²) in [6, 6.07) is 1.33. The second-order valence-electron chi connectivity index (χ2n) is 2.21. The number of nitrogens with zero attached hydrogens (tertiary/aromatic N) is 1. The lowest BCUT2D eigenvalue weighted by Gasteiger charge is -1.99. The van der Waals surface area contributed by atoms with Crippen LogP contribution in [0.5, 0.6) is 0 Å². The third kappa shape index (κ3) is 2.03. The van der Waals surface area contributed by atoms with Crippen LogP contribution < -0.4 is 0 Å². The summed E-state index contributed by atoms with van der Waals surface area (Å²) in [4.78, 5) is 25.0. The first-order chi connectivity index (χ1) is 6.19. The molecule has 0 amide bonds. The van der Waals surface area contributed by atoms with Crippen molar-refractivity contribution in [2.24, 2.45) is 0 Å². The molecule has 0 N–H and O–H groups in total. The van der Waals surface area contributed by atoms with Gasteiger partial charge in [0.05, 0.1) is 18.2 Å². The monoisotopic (exact) mass is 199 g/mol. The molecule has 68 valence electrons. The summed E-state index contributed by atoms with van der Waals surface area (Å²) in [7, 11) is 1.25. The number of ether oxygens (including phenoxy) is 1. The average molecular weight is 200 g/mol. The number of hydrogen-bond donors (Lipinski definition) is 0. The van der Waals surface area contributed by atoms with E-state index >= 15 is 0 Å². The lowest BCUT2D eigenvalue weighted by atomic mass is 10.2. The van der Waals surface area contributed by atoms with Crippen LogP contribution in [0.3, 0.4) is 0 Å². The van der Waals surface area contributed by atoms with Gasteiger partial charge in [-0.2, -0.15) is 0 Å². The van der Waals surface area contributed by atoms with Crippen molar-refractivity contribution in [3.63, 3.8) is 0 Å². The number of halogens is 1. The van der Waals surface area contributed by atoms with Gasteiger partial charge in [-0.25, -0.2) is 9.78 Å². The fourth-order valence-electron chi connectivity index (χ4n) is 0.777. The van der Waals surface area contributed by atoms with E-state index in [4.69, 9.17) is 11.6 Å². The first-order valence-electron chi connectivity index (χ1n) is 3.38. The molecule has 13 heavy (non-hydrogen) atoms. The van der Waals surface area contributed by atoms with Crippen LogP contribution in [0.2, 0.25) is 5.15 Å². The molecule has 0 fully saturated rings. The molecule has 1 rings (SSSR count). The molecule has 0 saturated carbocycles. The SMILES string of the molecule is COC(=O)c1cnc(Cl)c(C=O)c1. The van der Waals surface area contributed by atoms with Gasteiger partial charge in [-0.3, -0.25) is 4.79 Å². The molecule has 1 heterocycles. The van der Waals surface area contributed by atoms with Gasteiger partial charge in [0.2, 0.25) is 0 Å². The van der Waals surface area contributed by atoms with Crippen molar-refractivity contribution in [3.8, 4) is 0 Å². The second-order valence-corrected chi connectivity index (χ2v) is 2.57. The van der Waals surface area contributed by atoms with Gasteiger partial charge in [-0.05, 0) is 6.07 Å². The third-order valence-electron chi connectivity index (χ3n) is 1.41. The molecule has 1 aromatic rings. The number of rotatable bonds is 2. The molecule has 1 aromatic heterocycles. The molecule has 0 aliphatic heterocycles. The van der Waals surface area contributed by atoms with Crippen molar-refractivity contribution in [3.05, 3.63) is 28.5 Å². The lowest BCUT2D eigenvalue weighted by Crippen LogP contribution is -2.03. The number of pyridine rings is 1. The highest BCUT2D eigenvalue weighted by Crippen LogP contribution is 2.12. The number of carbonyl (C=O) groups is 2. The molecule has 0 unspecified atom stereocenters. The summed E-state index contributed by atoms with van der Waals surface area (Å²) in [6.45, 7) is 0. The Morgan fingerprint density at radius 2 is 2.38 bits per heavy atom. The minimum Gasteiger partial charge on any atom is -0.465 e. The Morgan fingerprint density at radius 3 is 2.92 bits per heavy atom. The number of hydrogen-bond acceptors (Lipinski definition) is 4. The maximum Gasteiger partial charge on any atom is 0.339 e. The topological polar surface area (TPSA) is 56.3 Å². The van der Waals surface area contributed by atoms with E-state index in [1.807, 2.05) is 0 Å². The lowest BCUT2D eigenvalue weighted by molar-refractivity contribution is 0.0600. The van der Waals surface area contributed by atoms with Gasteiger partial charge in [0.25, 0.3) is 0 Å². The normalized spacial score (nSPS) is 9.38. The summed E-state index contributed by atoms with van der Waals surface area (Å²) < 4.78 is 4.44. The maximum absolute atomic E-state index is 11.0. The van der Waals surface area contributed by atoms with Crippen molar-refractivity contribution in [1.82, 2.24) is 4.98 Å². The standard InChI is InChI=1S/C8H6ClNO3/c1-13-8(12)5-2-6(4-11)7(9)10-3-5/h2-4H,1H3. The predicted molar refractivity (Wildman–Crippen MR) is 46.0 cm³/mol. The van der Waals surface area contributed by atoms with Gasteiger partial charge in [-0.1, -0.05) is 11.6 Å². The molecule has 0 aliphatic carbocycles. The van der Waals surface area contributed by atoms with Crippen molar-refractivity contribution < 1.29 is 14.3 Å². The first-order valence-corrected chi connectivity index (χ1v) is 3.76.